The summed E-state index contributed by atoms with van der Waals surface area (Å²) in [5, 5.41) is 31.8. The number of furan rings is 1. The van der Waals surface area contributed by atoms with Crippen molar-refractivity contribution < 1.29 is 4.42 Å². The van der Waals surface area contributed by atoms with Gasteiger partial charge < -0.3 is 9.32 Å². The van der Waals surface area contributed by atoms with Crippen LogP contribution in [0.4, 0.5) is 11.4 Å². The predicted octanol–water partition coefficient (Wildman–Crippen LogP) is 11.0. The summed E-state index contributed by atoms with van der Waals surface area (Å²) >= 11 is 0. The van der Waals surface area contributed by atoms with Crippen molar-refractivity contribution in [2.45, 2.75) is 12.0 Å². The molecule has 232 valence electrons. The van der Waals surface area contributed by atoms with Gasteiger partial charge in [0.1, 0.15) is 11.2 Å². The van der Waals surface area contributed by atoms with Gasteiger partial charge in [0.15, 0.2) is 0 Å². The number of nitrogens with zero attached hydrogens (tertiary/aromatic N) is 4. The first kappa shape index (κ1) is 29.0. The van der Waals surface area contributed by atoms with Gasteiger partial charge in [0.05, 0.1) is 35.4 Å². The molecule has 1 aliphatic heterocycles. The Hall–Kier alpha value is -7.13. The van der Waals surface area contributed by atoms with Crippen molar-refractivity contribution in [1.82, 2.24) is 0 Å². The largest absolute Gasteiger partial charge is 0.456 e. The highest BCUT2D eigenvalue weighted by Gasteiger charge is 2.38. The predicted molar refractivity (Wildman–Crippen MR) is 197 cm³/mol. The molecule has 2 aliphatic rings. The number of rotatable bonds is 4. The molecule has 0 saturated carbocycles. The van der Waals surface area contributed by atoms with Gasteiger partial charge in [-0.15, -0.1) is 0 Å². The highest BCUT2D eigenvalue weighted by molar-refractivity contribution is 6.06. The number of para-hydroxylation sites is 1. The van der Waals surface area contributed by atoms with E-state index in [0.29, 0.717) is 16.7 Å². The molecule has 9 rings (SSSR count). The quantitative estimate of drug-likeness (QED) is 0.191. The van der Waals surface area contributed by atoms with Gasteiger partial charge in [-0.25, -0.2) is 0 Å². The van der Waals surface area contributed by atoms with Crippen LogP contribution < -0.4 is 4.90 Å². The zero-order chi connectivity index (χ0) is 33.8. The van der Waals surface area contributed by atoms with Crippen LogP contribution >= 0.6 is 0 Å². The van der Waals surface area contributed by atoms with Crippen LogP contribution in [0.25, 0.3) is 55.3 Å². The first-order valence-electron chi connectivity index (χ1n) is 16.4. The van der Waals surface area contributed by atoms with Crippen LogP contribution in [0, 0.1) is 34.0 Å². The number of benzene rings is 6. The summed E-state index contributed by atoms with van der Waals surface area (Å²) in [4.78, 5) is 2.23. The fraction of sp³-hybridized carbons (Fsp3) is 0.0444. The van der Waals surface area contributed by atoms with Crippen molar-refractivity contribution in [3.05, 3.63) is 168 Å². The van der Waals surface area contributed by atoms with E-state index in [1.54, 1.807) is 0 Å². The number of fused-ring (bicyclic) bond motifs is 6. The Balaban J connectivity index is 1.22. The molecule has 0 amide bonds. The minimum Gasteiger partial charge on any atom is -0.456 e. The Morgan fingerprint density at radius 3 is 2.06 bits per heavy atom. The molecule has 2 atom stereocenters. The maximum atomic E-state index is 10.3. The summed E-state index contributed by atoms with van der Waals surface area (Å²) in [6.45, 7) is 0. The molecule has 7 aromatic rings. The van der Waals surface area contributed by atoms with Crippen LogP contribution in [-0.4, -0.2) is 6.04 Å². The molecule has 5 heteroatoms. The summed E-state index contributed by atoms with van der Waals surface area (Å²) in [7, 11) is 0. The van der Waals surface area contributed by atoms with Crippen LogP contribution in [0.5, 0.6) is 0 Å². The average molecular weight is 639 g/mol. The second kappa shape index (κ2) is 11.5. The molecule has 5 nitrogen and oxygen atoms in total. The highest BCUT2D eigenvalue weighted by Crippen LogP contribution is 2.49. The zero-order valence-corrected chi connectivity index (χ0v) is 26.7. The second-order valence-corrected chi connectivity index (χ2v) is 12.7. The van der Waals surface area contributed by atoms with Gasteiger partial charge >= 0.3 is 0 Å². The Kier molecular flexibility index (Phi) is 6.70. The Morgan fingerprint density at radius 2 is 1.26 bits per heavy atom. The number of nitriles is 3. The van der Waals surface area contributed by atoms with Crippen molar-refractivity contribution in [2.75, 3.05) is 4.90 Å². The molecular formula is C45H26N4O. The molecule has 1 aliphatic carbocycles. The van der Waals surface area contributed by atoms with Crippen molar-refractivity contribution in [3.63, 3.8) is 0 Å². The van der Waals surface area contributed by atoms with Crippen LogP contribution in [0.3, 0.4) is 0 Å². The third-order valence-electron chi connectivity index (χ3n) is 9.81. The third-order valence-corrected chi connectivity index (χ3v) is 9.81. The molecule has 2 heterocycles. The number of hydrogen-bond acceptors (Lipinski definition) is 5. The standard InChI is InChI=1S/C45H26N4O/c46-25-28-10-13-42-39(18-28)40-19-29(26-47)11-14-43(40)49(42)37-17-30(27-48)16-33(23-37)36-21-34(31-6-2-1-3-7-31)20-35(22-36)32-12-15-45-41(24-32)38-8-4-5-9-44(38)50-45/h1-24,39,42H. The van der Waals surface area contributed by atoms with E-state index in [2.05, 4.69) is 83.8 Å². The van der Waals surface area contributed by atoms with Crippen LogP contribution in [0.15, 0.2) is 156 Å². The number of allylic oxidation sites excluding steroid dienone is 2. The fourth-order valence-electron chi connectivity index (χ4n) is 7.49. The smallest absolute Gasteiger partial charge is 0.135 e. The zero-order valence-electron chi connectivity index (χ0n) is 26.7. The second-order valence-electron chi connectivity index (χ2n) is 12.7. The van der Waals surface area contributed by atoms with Gasteiger partial charge in [-0.3, -0.25) is 0 Å². The molecule has 0 N–H and O–H groups in total. The summed E-state index contributed by atoms with van der Waals surface area (Å²) in [5.74, 6) is -0.103. The fourth-order valence-corrected chi connectivity index (χ4v) is 7.49. The monoisotopic (exact) mass is 638 g/mol. The summed E-state index contributed by atoms with van der Waals surface area (Å²) in [5.41, 5.74) is 12.4. The summed E-state index contributed by atoms with van der Waals surface area (Å²) < 4.78 is 6.13. The molecule has 0 radical (unpaired) electrons. The first-order valence-corrected chi connectivity index (χ1v) is 16.4. The van der Waals surface area contributed by atoms with Gasteiger partial charge in [-0.2, -0.15) is 15.8 Å². The first-order chi connectivity index (χ1) is 24.6. The average Bonchev–Trinajstić information content (AvgIpc) is 3.72. The van der Waals surface area contributed by atoms with E-state index in [4.69, 9.17) is 4.42 Å². The minimum atomic E-state index is -0.111. The SMILES string of the molecule is N#CC1=CC2c3cc(C#N)ccc3N(c3cc(C#N)cc(-c4cc(-c5ccccc5)cc(-c5ccc6oc7ccccc7c6c5)c4)c3)C2C=C1. The number of anilines is 2. The molecule has 50 heavy (non-hydrogen) atoms. The molecule has 0 bridgehead atoms. The normalized spacial score (nSPS) is 15.9. The van der Waals surface area contributed by atoms with E-state index < -0.39 is 0 Å². The van der Waals surface area contributed by atoms with Crippen LogP contribution in [-0.2, 0) is 0 Å². The summed E-state index contributed by atoms with van der Waals surface area (Å²) in [6.07, 6.45) is 5.89. The van der Waals surface area contributed by atoms with Crippen LogP contribution in [0.2, 0.25) is 0 Å². The van der Waals surface area contributed by atoms with E-state index in [1.165, 1.54) is 0 Å². The lowest BCUT2D eigenvalue weighted by atomic mass is 9.88. The molecule has 0 spiro atoms. The van der Waals surface area contributed by atoms with E-state index >= 15 is 0 Å². The molecule has 0 saturated heterocycles. The molecule has 0 fully saturated rings. The van der Waals surface area contributed by atoms with E-state index in [0.717, 1.165) is 72.3 Å². The van der Waals surface area contributed by atoms with E-state index in [9.17, 15) is 15.8 Å². The maximum Gasteiger partial charge on any atom is 0.135 e. The lowest BCUT2D eigenvalue weighted by Gasteiger charge is -2.29. The Morgan fingerprint density at radius 1 is 0.540 bits per heavy atom. The Labute approximate surface area is 289 Å². The molecule has 1 aromatic heterocycles. The lowest BCUT2D eigenvalue weighted by Crippen LogP contribution is -2.29. The van der Waals surface area contributed by atoms with E-state index in [1.807, 2.05) is 84.9 Å². The van der Waals surface area contributed by atoms with Gasteiger partial charge in [-0.05, 0) is 118 Å². The topological polar surface area (TPSA) is 87.8 Å². The van der Waals surface area contributed by atoms with Crippen molar-refractivity contribution in [2.24, 2.45) is 0 Å². The number of hydrogen-bond donors (Lipinski definition) is 0. The van der Waals surface area contributed by atoms with Gasteiger partial charge in [0, 0.05) is 33.6 Å². The van der Waals surface area contributed by atoms with Gasteiger partial charge in [-0.1, -0.05) is 66.7 Å². The van der Waals surface area contributed by atoms with Gasteiger partial charge in [0.25, 0.3) is 0 Å². The molecule has 2 unspecified atom stereocenters. The van der Waals surface area contributed by atoms with Crippen molar-refractivity contribution in [3.8, 4) is 51.6 Å². The van der Waals surface area contributed by atoms with Crippen molar-refractivity contribution in [1.29, 1.82) is 15.8 Å². The van der Waals surface area contributed by atoms with Crippen molar-refractivity contribution >= 4 is 33.3 Å². The molecular weight excluding hydrogens is 613 g/mol. The maximum absolute atomic E-state index is 10.3. The lowest BCUT2D eigenvalue weighted by molar-refractivity contribution is 0.669. The third kappa shape index (κ3) is 4.76. The Bertz CT molecular complexity index is 2710. The van der Waals surface area contributed by atoms with Gasteiger partial charge in [0.2, 0.25) is 0 Å². The highest BCUT2D eigenvalue weighted by atomic mass is 16.3. The van der Waals surface area contributed by atoms with Crippen LogP contribution in [0.1, 0.15) is 22.6 Å². The minimum absolute atomic E-state index is 0.103. The molecule has 6 aromatic carbocycles. The summed E-state index contributed by atoms with van der Waals surface area (Å²) in [6, 6.07) is 49.9. The van der Waals surface area contributed by atoms with E-state index in [-0.39, 0.29) is 12.0 Å².